The van der Waals surface area contributed by atoms with E-state index in [1.54, 1.807) is 0 Å². The molecule has 2 nitrogen and oxygen atoms in total. The predicted octanol–water partition coefficient (Wildman–Crippen LogP) is 2.76. The molecule has 0 atom stereocenters. The summed E-state index contributed by atoms with van der Waals surface area (Å²) in [6.45, 7) is 8.26. The zero-order chi connectivity index (χ0) is 13.7. The molecule has 2 heterocycles. The van der Waals surface area contributed by atoms with Gasteiger partial charge in [-0.05, 0) is 6.07 Å². The Morgan fingerprint density at radius 1 is 0.650 bits per heavy atom. The lowest BCUT2D eigenvalue weighted by molar-refractivity contribution is 1.26. The number of para-hydroxylation sites is 1. The average molecular weight is 258 g/mol. The van der Waals surface area contributed by atoms with Crippen LogP contribution >= 0.6 is 0 Å². The van der Waals surface area contributed by atoms with E-state index >= 15 is 0 Å². The van der Waals surface area contributed by atoms with Gasteiger partial charge in [-0.2, -0.15) is 0 Å². The minimum absolute atomic E-state index is 0.929. The first kappa shape index (κ1) is 11.1. The van der Waals surface area contributed by atoms with Crippen LogP contribution in [0.1, 0.15) is 0 Å². The molecule has 2 aromatic carbocycles. The lowest BCUT2D eigenvalue weighted by Gasteiger charge is -1.89. The summed E-state index contributed by atoms with van der Waals surface area (Å²) in [6, 6.07) is 16.6. The van der Waals surface area contributed by atoms with Gasteiger partial charge in [-0.15, -0.1) is 0 Å². The fraction of sp³-hybridized carbons (Fsp3) is 0. The molecule has 0 aliphatic rings. The molecule has 0 spiro atoms. The zero-order valence-corrected chi connectivity index (χ0v) is 11.0. The number of aromatic nitrogens is 2. The van der Waals surface area contributed by atoms with E-state index in [1.165, 1.54) is 10.8 Å². The Bertz CT molecular complexity index is 1130. The number of rotatable bonds is 0. The Morgan fingerprint density at radius 3 is 2.10 bits per heavy atom. The van der Waals surface area contributed by atoms with Crippen molar-refractivity contribution in [1.82, 2.24) is 9.97 Å². The maximum Gasteiger partial charge on any atom is 0.0566 e. The molecule has 0 amide bonds. The van der Waals surface area contributed by atoms with Crippen molar-refractivity contribution in [2.75, 3.05) is 0 Å². The highest BCUT2D eigenvalue weighted by Crippen LogP contribution is 2.15. The minimum Gasteiger partial charge on any atom is -0.355 e. The molecular formula is C18H14N2. The first-order valence-corrected chi connectivity index (χ1v) is 6.61. The Balaban J connectivity index is 2.46. The van der Waals surface area contributed by atoms with Crippen LogP contribution in [-0.2, 0) is 0 Å². The van der Waals surface area contributed by atoms with E-state index in [0.717, 1.165) is 32.2 Å². The third kappa shape index (κ3) is 1.39. The second kappa shape index (κ2) is 3.87. The Kier molecular flexibility index (Phi) is 2.15. The summed E-state index contributed by atoms with van der Waals surface area (Å²) in [5, 5.41) is 7.63. The first-order valence-electron chi connectivity index (χ1n) is 6.61. The highest BCUT2D eigenvalue weighted by molar-refractivity contribution is 5.86. The lowest BCUT2D eigenvalue weighted by atomic mass is 10.1. The quantitative estimate of drug-likeness (QED) is 0.486. The highest BCUT2D eigenvalue weighted by atomic mass is 14.7. The molecular weight excluding hydrogens is 244 g/mol. The van der Waals surface area contributed by atoms with Crippen LogP contribution in [0, 0.1) is 10.6 Å². The van der Waals surface area contributed by atoms with Gasteiger partial charge < -0.3 is 9.97 Å². The summed E-state index contributed by atoms with van der Waals surface area (Å²) in [5.74, 6) is 0. The number of H-pyrrole nitrogens is 2. The lowest BCUT2D eigenvalue weighted by Crippen LogP contribution is -2.00. The maximum absolute atomic E-state index is 4.15. The standard InChI is InChI=1S/C18H14N2/c1-11-13-7-3-4-8-14(13)18(20-11)17-12(2)19-16-10-6-5-9-15(16)17/h3-10,19-20H,1-2H2/b18-17-. The van der Waals surface area contributed by atoms with E-state index in [-0.39, 0.29) is 0 Å². The summed E-state index contributed by atoms with van der Waals surface area (Å²) in [5.41, 5.74) is 1.11. The van der Waals surface area contributed by atoms with Crippen molar-refractivity contribution in [3.63, 3.8) is 0 Å². The summed E-state index contributed by atoms with van der Waals surface area (Å²) >= 11 is 0. The van der Waals surface area contributed by atoms with Crippen LogP contribution in [0.25, 0.3) is 34.8 Å². The molecule has 0 radical (unpaired) electrons. The molecule has 2 N–H and O–H groups in total. The van der Waals surface area contributed by atoms with Crippen molar-refractivity contribution in [3.05, 3.63) is 69.8 Å². The number of hydrogen-bond donors (Lipinski definition) is 2. The van der Waals surface area contributed by atoms with Crippen molar-refractivity contribution in [2.45, 2.75) is 0 Å². The molecule has 20 heavy (non-hydrogen) atoms. The number of aromatic amines is 2. The molecule has 0 bridgehead atoms. The highest BCUT2D eigenvalue weighted by Gasteiger charge is 2.03. The van der Waals surface area contributed by atoms with Gasteiger partial charge in [0.2, 0.25) is 0 Å². The smallest absolute Gasteiger partial charge is 0.0566 e. The second-order valence-corrected chi connectivity index (χ2v) is 5.05. The van der Waals surface area contributed by atoms with Gasteiger partial charge in [0.05, 0.1) is 5.35 Å². The molecule has 4 aromatic rings. The second-order valence-electron chi connectivity index (χ2n) is 5.05. The fourth-order valence-electron chi connectivity index (χ4n) is 2.93. The van der Waals surface area contributed by atoms with Crippen molar-refractivity contribution in [1.29, 1.82) is 0 Å². The zero-order valence-electron chi connectivity index (χ0n) is 11.0. The van der Waals surface area contributed by atoms with Crippen LogP contribution in [0.3, 0.4) is 0 Å². The van der Waals surface area contributed by atoms with E-state index in [9.17, 15) is 0 Å². The molecule has 4 rings (SSSR count). The van der Waals surface area contributed by atoms with Crippen LogP contribution in [0.4, 0.5) is 0 Å². The molecule has 2 heteroatoms. The number of nitrogens with one attached hydrogen (secondary N) is 2. The molecule has 0 fully saturated rings. The normalized spacial score (nSPS) is 13.2. The van der Waals surface area contributed by atoms with E-state index < -0.39 is 0 Å². The van der Waals surface area contributed by atoms with Crippen LogP contribution in [0.5, 0.6) is 0 Å². The Labute approximate surface area is 115 Å². The van der Waals surface area contributed by atoms with Crippen molar-refractivity contribution >= 4 is 34.8 Å². The molecule has 96 valence electrons. The maximum atomic E-state index is 4.15. The summed E-state index contributed by atoms with van der Waals surface area (Å²) in [4.78, 5) is 6.76. The third-order valence-corrected chi connectivity index (χ3v) is 3.83. The molecule has 0 aliphatic heterocycles. The van der Waals surface area contributed by atoms with E-state index in [1.807, 2.05) is 12.1 Å². The van der Waals surface area contributed by atoms with E-state index in [2.05, 4.69) is 59.5 Å². The fourth-order valence-corrected chi connectivity index (χ4v) is 2.93. The Hall–Kier alpha value is -2.74. The van der Waals surface area contributed by atoms with Crippen molar-refractivity contribution in [2.24, 2.45) is 0 Å². The van der Waals surface area contributed by atoms with E-state index in [4.69, 9.17) is 0 Å². The van der Waals surface area contributed by atoms with Crippen molar-refractivity contribution < 1.29 is 0 Å². The van der Waals surface area contributed by atoms with Gasteiger partial charge in [-0.1, -0.05) is 55.6 Å². The monoisotopic (exact) mass is 258 g/mol. The molecule has 0 unspecified atom stereocenters. The topological polar surface area (TPSA) is 31.6 Å². The van der Waals surface area contributed by atoms with Crippen LogP contribution in [-0.4, -0.2) is 9.97 Å². The van der Waals surface area contributed by atoms with Gasteiger partial charge >= 0.3 is 0 Å². The Morgan fingerprint density at radius 2 is 1.30 bits per heavy atom. The average Bonchev–Trinajstić information content (AvgIpc) is 2.96. The summed E-state index contributed by atoms with van der Waals surface area (Å²) in [7, 11) is 0. The van der Waals surface area contributed by atoms with Gasteiger partial charge in [0.25, 0.3) is 0 Å². The van der Waals surface area contributed by atoms with Gasteiger partial charge in [0.1, 0.15) is 0 Å². The van der Waals surface area contributed by atoms with Gasteiger partial charge in [-0.25, -0.2) is 0 Å². The molecule has 2 aromatic heterocycles. The van der Waals surface area contributed by atoms with Gasteiger partial charge in [0, 0.05) is 37.6 Å². The first-order chi connectivity index (χ1) is 9.75. The molecule has 0 aliphatic carbocycles. The number of benzene rings is 2. The number of fused-ring (bicyclic) bond motifs is 2. The number of hydrogen-bond acceptors (Lipinski definition) is 0. The SMILES string of the molecule is C=c1[nH]c2ccccc2/c1=c1\[nH]c(=C)c2ccccc12. The third-order valence-electron chi connectivity index (χ3n) is 3.83. The molecule has 0 saturated carbocycles. The van der Waals surface area contributed by atoms with E-state index in [0.29, 0.717) is 0 Å². The van der Waals surface area contributed by atoms with Gasteiger partial charge in [-0.3, -0.25) is 0 Å². The predicted molar refractivity (Wildman–Crippen MR) is 84.6 cm³/mol. The molecule has 0 saturated heterocycles. The van der Waals surface area contributed by atoms with Gasteiger partial charge in [0.15, 0.2) is 0 Å². The van der Waals surface area contributed by atoms with Crippen LogP contribution in [0.2, 0.25) is 0 Å². The van der Waals surface area contributed by atoms with Crippen LogP contribution in [0.15, 0.2) is 48.5 Å². The summed E-state index contributed by atoms with van der Waals surface area (Å²) in [6.07, 6.45) is 0. The van der Waals surface area contributed by atoms with Crippen molar-refractivity contribution in [3.8, 4) is 0 Å². The largest absolute Gasteiger partial charge is 0.355 e. The summed E-state index contributed by atoms with van der Waals surface area (Å²) < 4.78 is 0. The minimum atomic E-state index is 0.929. The van der Waals surface area contributed by atoms with Crippen LogP contribution < -0.4 is 10.7 Å².